The standard InChI is InChI=1S/C21H21Cl2N3O2/c1-13(2)11-26-20(27)16-7-5-4-6-15(16)19(24-26)21(28)25(3)12-14-8-9-17(22)18(23)10-14/h4-10,13H,11-12H2,1-3H3. The van der Waals surface area contributed by atoms with E-state index in [2.05, 4.69) is 5.10 Å². The van der Waals surface area contributed by atoms with E-state index in [0.717, 1.165) is 5.56 Å². The number of carbonyl (C=O) groups excluding carboxylic acids is 1. The first-order valence-electron chi connectivity index (χ1n) is 8.97. The maximum atomic E-state index is 13.2. The van der Waals surface area contributed by atoms with Crippen molar-refractivity contribution in [3.8, 4) is 0 Å². The monoisotopic (exact) mass is 417 g/mol. The van der Waals surface area contributed by atoms with Gasteiger partial charge in [0.15, 0.2) is 5.69 Å². The number of aromatic nitrogens is 2. The van der Waals surface area contributed by atoms with Crippen LogP contribution < -0.4 is 5.56 Å². The lowest BCUT2D eigenvalue weighted by Gasteiger charge is -2.19. The van der Waals surface area contributed by atoms with Gasteiger partial charge in [0, 0.05) is 25.5 Å². The molecule has 0 saturated carbocycles. The zero-order chi connectivity index (χ0) is 20.4. The van der Waals surface area contributed by atoms with Crippen LogP contribution in [-0.4, -0.2) is 27.6 Å². The van der Waals surface area contributed by atoms with Crippen LogP contribution in [-0.2, 0) is 13.1 Å². The second-order valence-electron chi connectivity index (χ2n) is 7.18. The summed E-state index contributed by atoms with van der Waals surface area (Å²) in [4.78, 5) is 27.4. The van der Waals surface area contributed by atoms with Crippen LogP contribution in [0, 0.1) is 5.92 Å². The second kappa shape index (κ2) is 8.33. The highest BCUT2D eigenvalue weighted by molar-refractivity contribution is 6.42. The molecular formula is C21H21Cl2N3O2. The first-order chi connectivity index (χ1) is 13.3. The number of hydrogen-bond acceptors (Lipinski definition) is 3. The highest BCUT2D eigenvalue weighted by Gasteiger charge is 2.20. The van der Waals surface area contributed by atoms with E-state index in [1.807, 2.05) is 19.9 Å². The van der Waals surface area contributed by atoms with E-state index in [1.54, 1.807) is 48.3 Å². The van der Waals surface area contributed by atoms with Gasteiger partial charge in [0.2, 0.25) is 0 Å². The molecule has 2 aromatic carbocycles. The highest BCUT2D eigenvalue weighted by atomic mass is 35.5. The molecule has 0 spiro atoms. The van der Waals surface area contributed by atoms with Crippen LogP contribution in [0.5, 0.6) is 0 Å². The molecule has 5 nitrogen and oxygen atoms in total. The van der Waals surface area contributed by atoms with E-state index >= 15 is 0 Å². The van der Waals surface area contributed by atoms with Gasteiger partial charge in [-0.25, -0.2) is 4.68 Å². The van der Waals surface area contributed by atoms with Crippen molar-refractivity contribution in [3.05, 3.63) is 74.1 Å². The summed E-state index contributed by atoms with van der Waals surface area (Å²) >= 11 is 12.0. The Labute approximate surface area is 173 Å². The fourth-order valence-electron chi connectivity index (χ4n) is 3.03. The van der Waals surface area contributed by atoms with E-state index in [9.17, 15) is 9.59 Å². The molecule has 146 valence electrons. The summed E-state index contributed by atoms with van der Waals surface area (Å²) < 4.78 is 1.38. The third-order valence-corrected chi connectivity index (χ3v) is 5.10. The average Bonchev–Trinajstić information content (AvgIpc) is 2.66. The molecule has 1 heterocycles. The molecule has 0 saturated heterocycles. The largest absolute Gasteiger partial charge is 0.336 e. The molecule has 0 bridgehead atoms. The third kappa shape index (κ3) is 4.21. The summed E-state index contributed by atoms with van der Waals surface area (Å²) in [6.07, 6.45) is 0. The summed E-state index contributed by atoms with van der Waals surface area (Å²) in [5.41, 5.74) is 0.927. The van der Waals surface area contributed by atoms with Gasteiger partial charge in [0.25, 0.3) is 11.5 Å². The third-order valence-electron chi connectivity index (χ3n) is 4.36. The number of fused-ring (bicyclic) bond motifs is 1. The summed E-state index contributed by atoms with van der Waals surface area (Å²) in [7, 11) is 1.69. The van der Waals surface area contributed by atoms with Crippen molar-refractivity contribution in [1.29, 1.82) is 0 Å². The molecule has 1 aromatic heterocycles. The van der Waals surface area contributed by atoms with E-state index in [1.165, 1.54) is 4.68 Å². The first kappa shape index (κ1) is 20.4. The zero-order valence-electron chi connectivity index (χ0n) is 15.9. The van der Waals surface area contributed by atoms with Crippen molar-refractivity contribution in [2.45, 2.75) is 26.9 Å². The number of carbonyl (C=O) groups is 1. The minimum absolute atomic E-state index is 0.187. The number of hydrogen-bond donors (Lipinski definition) is 0. The maximum Gasteiger partial charge on any atom is 0.274 e. The summed E-state index contributed by atoms with van der Waals surface area (Å²) in [5.74, 6) is -0.0389. The lowest BCUT2D eigenvalue weighted by Crippen LogP contribution is -2.32. The van der Waals surface area contributed by atoms with Gasteiger partial charge in [-0.1, -0.05) is 61.3 Å². The number of benzene rings is 2. The second-order valence-corrected chi connectivity index (χ2v) is 8.00. The Bertz CT molecular complexity index is 1090. The van der Waals surface area contributed by atoms with Crippen LogP contribution in [0.15, 0.2) is 47.3 Å². The van der Waals surface area contributed by atoms with Crippen molar-refractivity contribution >= 4 is 39.9 Å². The SMILES string of the molecule is CC(C)Cn1nc(C(=O)N(C)Cc2ccc(Cl)c(Cl)c2)c2ccccc2c1=O. The molecule has 7 heteroatoms. The predicted octanol–water partition coefficient (Wildman–Crippen LogP) is 4.63. The fraction of sp³-hybridized carbons (Fsp3) is 0.286. The van der Waals surface area contributed by atoms with Gasteiger partial charge in [0.05, 0.1) is 15.4 Å². The van der Waals surface area contributed by atoms with E-state index in [4.69, 9.17) is 23.2 Å². The summed E-state index contributed by atoms with van der Waals surface area (Å²) in [6.45, 7) is 4.79. The van der Waals surface area contributed by atoms with Crippen molar-refractivity contribution < 1.29 is 4.79 Å². The average molecular weight is 418 g/mol. The van der Waals surface area contributed by atoms with Gasteiger partial charge in [-0.3, -0.25) is 9.59 Å². The van der Waals surface area contributed by atoms with Crippen LogP contribution in [0.1, 0.15) is 29.9 Å². The van der Waals surface area contributed by atoms with Crippen molar-refractivity contribution in [2.75, 3.05) is 7.05 Å². The van der Waals surface area contributed by atoms with Gasteiger partial charge in [-0.2, -0.15) is 5.10 Å². The number of rotatable bonds is 5. The van der Waals surface area contributed by atoms with Gasteiger partial charge in [-0.05, 0) is 29.7 Å². The quantitative estimate of drug-likeness (QED) is 0.607. The molecule has 0 atom stereocenters. The Morgan fingerprint density at radius 1 is 1.11 bits per heavy atom. The van der Waals surface area contributed by atoms with Crippen molar-refractivity contribution in [2.24, 2.45) is 5.92 Å². The molecule has 0 fully saturated rings. The Kier molecular flexibility index (Phi) is 6.06. The van der Waals surface area contributed by atoms with E-state index in [0.29, 0.717) is 33.9 Å². The van der Waals surface area contributed by atoms with Gasteiger partial charge < -0.3 is 4.90 Å². The zero-order valence-corrected chi connectivity index (χ0v) is 17.5. The Hall–Kier alpha value is -2.37. The Morgan fingerprint density at radius 3 is 2.43 bits per heavy atom. The highest BCUT2D eigenvalue weighted by Crippen LogP contribution is 2.23. The first-order valence-corrected chi connectivity index (χ1v) is 9.72. The van der Waals surface area contributed by atoms with Crippen LogP contribution in [0.2, 0.25) is 10.0 Å². The van der Waals surface area contributed by atoms with E-state index < -0.39 is 0 Å². The molecular weight excluding hydrogens is 397 g/mol. The van der Waals surface area contributed by atoms with Crippen molar-refractivity contribution in [1.82, 2.24) is 14.7 Å². The topological polar surface area (TPSA) is 55.2 Å². The molecule has 0 aliphatic heterocycles. The molecule has 0 aliphatic rings. The molecule has 3 rings (SSSR count). The minimum atomic E-state index is -0.264. The number of amides is 1. The summed E-state index contributed by atoms with van der Waals surface area (Å²) in [5, 5.41) is 6.35. The molecule has 0 N–H and O–H groups in total. The van der Waals surface area contributed by atoms with Crippen molar-refractivity contribution in [3.63, 3.8) is 0 Å². The predicted molar refractivity (Wildman–Crippen MR) is 113 cm³/mol. The van der Waals surface area contributed by atoms with Crippen LogP contribution in [0.3, 0.4) is 0 Å². The number of halogens is 2. The van der Waals surface area contributed by atoms with Gasteiger partial charge in [-0.15, -0.1) is 0 Å². The Balaban J connectivity index is 2.01. The van der Waals surface area contributed by atoms with Crippen LogP contribution in [0.4, 0.5) is 0 Å². The number of nitrogens with zero attached hydrogens (tertiary/aromatic N) is 3. The smallest absolute Gasteiger partial charge is 0.274 e. The lowest BCUT2D eigenvalue weighted by molar-refractivity contribution is 0.0778. The van der Waals surface area contributed by atoms with E-state index in [-0.39, 0.29) is 23.1 Å². The Morgan fingerprint density at radius 2 is 1.79 bits per heavy atom. The van der Waals surface area contributed by atoms with Gasteiger partial charge >= 0.3 is 0 Å². The normalized spacial score (nSPS) is 11.2. The molecule has 0 aliphatic carbocycles. The minimum Gasteiger partial charge on any atom is -0.336 e. The molecule has 1 amide bonds. The lowest BCUT2D eigenvalue weighted by atomic mass is 10.1. The molecule has 28 heavy (non-hydrogen) atoms. The fourth-order valence-corrected chi connectivity index (χ4v) is 3.35. The molecule has 0 unspecified atom stereocenters. The molecule has 0 radical (unpaired) electrons. The van der Waals surface area contributed by atoms with Crippen LogP contribution in [0.25, 0.3) is 10.8 Å². The summed E-state index contributed by atoms with van der Waals surface area (Å²) in [6, 6.07) is 12.3. The van der Waals surface area contributed by atoms with Crippen LogP contribution >= 0.6 is 23.2 Å². The molecule has 3 aromatic rings. The van der Waals surface area contributed by atoms with Gasteiger partial charge in [0.1, 0.15) is 0 Å². The maximum absolute atomic E-state index is 13.2.